The fourth-order valence-corrected chi connectivity index (χ4v) is 1.96. The zero-order valence-corrected chi connectivity index (χ0v) is 11.5. The Morgan fingerprint density at radius 3 is 2.19 bits per heavy atom. The number of alkyl halides is 2. The average molecular weight is 268 g/mol. The molecule has 1 saturated heterocycles. The molecule has 1 rings (SSSR count). The van der Waals surface area contributed by atoms with E-state index in [2.05, 4.69) is 25.7 Å². The predicted molar refractivity (Wildman–Crippen MR) is 65.9 cm³/mol. The first kappa shape index (κ1) is 14.1. The first-order valence-corrected chi connectivity index (χ1v) is 6.41. The number of rotatable bonds is 2. The lowest BCUT2D eigenvalue weighted by atomic mass is 9.99. The highest BCUT2D eigenvalue weighted by Gasteiger charge is 2.29. The molecule has 0 unspecified atom stereocenters. The van der Waals surface area contributed by atoms with Gasteiger partial charge in [-0.2, -0.15) is 0 Å². The van der Waals surface area contributed by atoms with Crippen molar-refractivity contribution in [3.05, 3.63) is 0 Å². The Bertz CT molecular complexity index is 243. The van der Waals surface area contributed by atoms with Crippen molar-refractivity contribution >= 4 is 29.2 Å². The van der Waals surface area contributed by atoms with Gasteiger partial charge in [0.05, 0.1) is 0 Å². The lowest BCUT2D eigenvalue weighted by Crippen LogP contribution is -2.48. The van der Waals surface area contributed by atoms with Crippen LogP contribution in [0.3, 0.4) is 0 Å². The quantitative estimate of drug-likeness (QED) is 0.569. The van der Waals surface area contributed by atoms with Crippen LogP contribution in [-0.4, -0.2) is 40.4 Å². The van der Waals surface area contributed by atoms with Gasteiger partial charge in [-0.25, -0.2) is 4.79 Å². The minimum absolute atomic E-state index is 0.0360. The van der Waals surface area contributed by atoms with Crippen LogP contribution in [0.4, 0.5) is 0 Å². The number of hydrogen-bond donors (Lipinski definition) is 0. The molecule has 0 aromatic carbocycles. The average Bonchev–Trinajstić information content (AvgIpc) is 2.17. The fraction of sp³-hybridized carbons (Fsp3) is 0.909. The smallest absolute Gasteiger partial charge is 0.339 e. The van der Waals surface area contributed by atoms with Gasteiger partial charge in [0.15, 0.2) is 0 Å². The molecule has 0 aromatic heterocycles. The molecular formula is C11H19Cl2NO2. The number of likely N-dealkylation sites (tertiary alicyclic amines) is 1. The summed E-state index contributed by atoms with van der Waals surface area (Å²) in [6.45, 7) is 8.44. The van der Waals surface area contributed by atoms with Crippen molar-refractivity contribution in [2.24, 2.45) is 0 Å². The van der Waals surface area contributed by atoms with Crippen LogP contribution in [0.15, 0.2) is 0 Å². The maximum atomic E-state index is 11.2. The fourth-order valence-electron chi connectivity index (χ4n) is 1.86. The van der Waals surface area contributed by atoms with Gasteiger partial charge in [0.25, 0.3) is 0 Å². The number of carbonyl (C=O) groups is 1. The van der Waals surface area contributed by atoms with Gasteiger partial charge in [0.2, 0.25) is 4.84 Å². The number of nitrogens with zero attached hydrogens (tertiary/aromatic N) is 1. The van der Waals surface area contributed by atoms with Crippen LogP contribution in [0.5, 0.6) is 0 Å². The molecule has 0 spiro atoms. The molecule has 1 fully saturated rings. The van der Waals surface area contributed by atoms with Crippen LogP contribution in [-0.2, 0) is 9.53 Å². The lowest BCUT2D eigenvalue weighted by Gasteiger charge is -2.40. The number of hydrogen-bond acceptors (Lipinski definition) is 3. The predicted octanol–water partition coefficient (Wildman–Crippen LogP) is 2.60. The Labute approximate surface area is 107 Å². The maximum Gasteiger partial charge on any atom is 0.339 e. The van der Waals surface area contributed by atoms with Gasteiger partial charge in [-0.3, -0.25) is 4.90 Å². The van der Waals surface area contributed by atoms with E-state index in [1.165, 1.54) is 0 Å². The first-order valence-electron chi connectivity index (χ1n) is 5.54. The second kappa shape index (κ2) is 5.56. The summed E-state index contributed by atoms with van der Waals surface area (Å²) in [6.07, 6.45) is 1.67. The molecule has 1 aliphatic rings. The van der Waals surface area contributed by atoms with E-state index in [4.69, 9.17) is 27.9 Å². The third-order valence-corrected chi connectivity index (χ3v) is 3.21. The normalized spacial score (nSPS) is 20.1. The Kier molecular flexibility index (Phi) is 4.89. The van der Waals surface area contributed by atoms with Crippen LogP contribution in [0.2, 0.25) is 0 Å². The van der Waals surface area contributed by atoms with E-state index in [1.807, 2.05) is 0 Å². The molecule has 3 nitrogen and oxygen atoms in total. The minimum atomic E-state index is -1.07. The molecule has 16 heavy (non-hydrogen) atoms. The Balaban J connectivity index is 2.35. The van der Waals surface area contributed by atoms with Crippen molar-refractivity contribution in [3.63, 3.8) is 0 Å². The highest BCUT2D eigenvalue weighted by Crippen LogP contribution is 2.22. The number of piperidine rings is 1. The van der Waals surface area contributed by atoms with Crippen molar-refractivity contribution in [2.75, 3.05) is 13.1 Å². The van der Waals surface area contributed by atoms with E-state index in [1.54, 1.807) is 0 Å². The molecule has 94 valence electrons. The molecular weight excluding hydrogens is 249 g/mol. The lowest BCUT2D eigenvalue weighted by molar-refractivity contribution is -0.149. The van der Waals surface area contributed by atoms with Crippen molar-refractivity contribution in [3.8, 4) is 0 Å². The molecule has 5 heteroatoms. The molecule has 1 heterocycles. The SMILES string of the molecule is CC(C)(C)N1CCC(OC(=O)C(Cl)Cl)CC1. The second-order valence-electron chi connectivity index (χ2n) is 5.09. The summed E-state index contributed by atoms with van der Waals surface area (Å²) in [6, 6.07) is 0. The Morgan fingerprint density at radius 1 is 1.31 bits per heavy atom. The van der Waals surface area contributed by atoms with Crippen LogP contribution < -0.4 is 0 Å². The summed E-state index contributed by atoms with van der Waals surface area (Å²) in [5, 5.41) is 0. The second-order valence-corrected chi connectivity index (χ2v) is 6.19. The largest absolute Gasteiger partial charge is 0.460 e. The maximum absolute atomic E-state index is 11.2. The summed E-state index contributed by atoms with van der Waals surface area (Å²) in [5.41, 5.74) is 0.177. The molecule has 0 amide bonds. The number of halogens is 2. The highest BCUT2D eigenvalue weighted by molar-refractivity contribution is 6.52. The minimum Gasteiger partial charge on any atom is -0.460 e. The summed E-state index contributed by atoms with van der Waals surface area (Å²) in [4.78, 5) is 12.5. The highest BCUT2D eigenvalue weighted by atomic mass is 35.5. The Hall–Kier alpha value is 0.01000. The first-order chi connectivity index (χ1) is 7.30. The summed E-state index contributed by atoms with van der Waals surface area (Å²) < 4.78 is 5.18. The Morgan fingerprint density at radius 2 is 1.81 bits per heavy atom. The number of esters is 1. The summed E-state index contributed by atoms with van der Waals surface area (Å²) in [7, 11) is 0. The van der Waals surface area contributed by atoms with Crippen molar-refractivity contribution in [1.82, 2.24) is 4.90 Å². The molecule has 0 N–H and O–H groups in total. The zero-order valence-electron chi connectivity index (χ0n) is 10.0. The molecule has 0 bridgehead atoms. The molecule has 0 aliphatic carbocycles. The van der Waals surface area contributed by atoms with Gasteiger partial charge in [0.1, 0.15) is 6.10 Å². The molecule has 0 radical (unpaired) electrons. The van der Waals surface area contributed by atoms with E-state index in [0.717, 1.165) is 25.9 Å². The van der Waals surface area contributed by atoms with Gasteiger partial charge in [-0.15, -0.1) is 0 Å². The van der Waals surface area contributed by atoms with E-state index >= 15 is 0 Å². The van der Waals surface area contributed by atoms with E-state index in [-0.39, 0.29) is 11.6 Å². The summed E-state index contributed by atoms with van der Waals surface area (Å²) in [5.74, 6) is -0.530. The van der Waals surface area contributed by atoms with E-state index in [9.17, 15) is 4.79 Å². The van der Waals surface area contributed by atoms with Crippen LogP contribution >= 0.6 is 23.2 Å². The van der Waals surface area contributed by atoms with Gasteiger partial charge in [-0.05, 0) is 33.6 Å². The molecule has 1 aliphatic heterocycles. The van der Waals surface area contributed by atoms with Gasteiger partial charge >= 0.3 is 5.97 Å². The van der Waals surface area contributed by atoms with Crippen LogP contribution in [0.25, 0.3) is 0 Å². The van der Waals surface area contributed by atoms with E-state index in [0.29, 0.717) is 0 Å². The third-order valence-electron chi connectivity index (χ3n) is 2.85. The number of ether oxygens (including phenoxy) is 1. The van der Waals surface area contributed by atoms with Crippen LogP contribution in [0.1, 0.15) is 33.6 Å². The van der Waals surface area contributed by atoms with Gasteiger partial charge < -0.3 is 4.74 Å². The third kappa shape index (κ3) is 4.11. The van der Waals surface area contributed by atoms with Crippen molar-refractivity contribution in [1.29, 1.82) is 0 Å². The monoisotopic (exact) mass is 267 g/mol. The van der Waals surface area contributed by atoms with Crippen molar-refractivity contribution < 1.29 is 9.53 Å². The molecule has 0 atom stereocenters. The molecule has 0 saturated carbocycles. The van der Waals surface area contributed by atoms with E-state index < -0.39 is 10.8 Å². The van der Waals surface area contributed by atoms with Crippen molar-refractivity contribution in [2.45, 2.75) is 50.1 Å². The zero-order chi connectivity index (χ0) is 12.3. The van der Waals surface area contributed by atoms with Gasteiger partial charge in [-0.1, -0.05) is 23.2 Å². The summed E-state index contributed by atoms with van der Waals surface area (Å²) >= 11 is 10.9. The number of carbonyl (C=O) groups excluding carboxylic acids is 1. The van der Waals surface area contributed by atoms with Crippen LogP contribution in [0, 0.1) is 0 Å². The standard InChI is InChI=1S/C11H19Cl2NO2/c1-11(2,3)14-6-4-8(5-7-14)16-10(15)9(12)13/h8-9H,4-7H2,1-3H3. The van der Waals surface area contributed by atoms with Gasteiger partial charge in [0, 0.05) is 18.6 Å². The molecule has 0 aromatic rings. The topological polar surface area (TPSA) is 29.5 Å².